The van der Waals surface area contributed by atoms with E-state index in [0.717, 1.165) is 0 Å². The number of nitrogens with two attached hydrogens (primary N) is 2. The van der Waals surface area contributed by atoms with Crippen LogP contribution < -0.4 is 16.9 Å². The zero-order valence-electron chi connectivity index (χ0n) is 11.5. The van der Waals surface area contributed by atoms with Gasteiger partial charge in [-0.2, -0.15) is 5.10 Å². The fraction of sp³-hybridized carbons (Fsp3) is 0.308. The minimum atomic E-state index is -0.830. The Hall–Kier alpha value is -2.22. The van der Waals surface area contributed by atoms with Crippen LogP contribution in [-0.2, 0) is 4.74 Å². The molecular weight excluding hydrogens is 295 g/mol. The van der Waals surface area contributed by atoms with Crippen LogP contribution in [0.5, 0.6) is 0 Å². The third-order valence-electron chi connectivity index (χ3n) is 2.58. The molecule has 0 aliphatic rings. The molecule has 1 rings (SSSR count). The molecule has 0 saturated heterocycles. The number of hydrazone groups is 1. The molecule has 1 unspecified atom stereocenters. The Bertz CT molecular complexity index is 533. The Morgan fingerprint density at radius 3 is 2.57 bits per heavy atom. The largest absolute Gasteiger partial charge is 0.447 e. The SMILES string of the molecule is CC(CCC(=NNC(N)=S)c1ccc(F)cc1)OC(N)=O. The normalized spacial score (nSPS) is 12.6. The molecule has 114 valence electrons. The van der Waals surface area contributed by atoms with Crippen LogP contribution in [0, 0.1) is 5.82 Å². The fourth-order valence-corrected chi connectivity index (χ4v) is 1.67. The predicted octanol–water partition coefficient (Wildman–Crippen LogP) is 1.63. The lowest BCUT2D eigenvalue weighted by molar-refractivity contribution is 0.112. The molecule has 21 heavy (non-hydrogen) atoms. The highest BCUT2D eigenvalue weighted by Gasteiger charge is 2.10. The van der Waals surface area contributed by atoms with Crippen LogP contribution in [0.2, 0.25) is 0 Å². The van der Waals surface area contributed by atoms with E-state index in [1.165, 1.54) is 12.1 Å². The van der Waals surface area contributed by atoms with Gasteiger partial charge in [0.05, 0.1) is 5.71 Å². The second kappa shape index (κ2) is 8.15. The van der Waals surface area contributed by atoms with Crippen molar-refractivity contribution < 1.29 is 13.9 Å². The molecule has 0 aliphatic carbocycles. The second-order valence-corrected chi connectivity index (χ2v) is 4.77. The number of benzene rings is 1. The van der Waals surface area contributed by atoms with Crippen LogP contribution in [0.1, 0.15) is 25.3 Å². The summed E-state index contributed by atoms with van der Waals surface area (Å²) in [6.45, 7) is 1.72. The lowest BCUT2D eigenvalue weighted by Gasteiger charge is -2.12. The van der Waals surface area contributed by atoms with Crippen molar-refractivity contribution in [2.75, 3.05) is 0 Å². The van der Waals surface area contributed by atoms with Gasteiger partial charge in [-0.25, -0.2) is 9.18 Å². The number of nitrogens with one attached hydrogen (secondary N) is 1. The number of amides is 1. The second-order valence-electron chi connectivity index (χ2n) is 4.33. The van der Waals surface area contributed by atoms with Gasteiger partial charge in [-0.05, 0) is 49.7 Å². The summed E-state index contributed by atoms with van der Waals surface area (Å²) in [7, 11) is 0. The maximum atomic E-state index is 13.0. The molecule has 0 saturated carbocycles. The Kier molecular flexibility index (Phi) is 6.54. The van der Waals surface area contributed by atoms with Crippen molar-refractivity contribution in [3.63, 3.8) is 0 Å². The van der Waals surface area contributed by atoms with Gasteiger partial charge in [0.15, 0.2) is 5.11 Å². The van der Waals surface area contributed by atoms with Crippen molar-refractivity contribution >= 4 is 29.1 Å². The van der Waals surface area contributed by atoms with E-state index in [-0.39, 0.29) is 17.0 Å². The first kappa shape index (κ1) is 16.8. The summed E-state index contributed by atoms with van der Waals surface area (Å²) in [6, 6.07) is 5.84. The summed E-state index contributed by atoms with van der Waals surface area (Å²) in [5.74, 6) is -0.342. The molecule has 5 N–H and O–H groups in total. The molecule has 0 aromatic heterocycles. The maximum Gasteiger partial charge on any atom is 0.404 e. The molecule has 1 aromatic carbocycles. The molecule has 6 nitrogen and oxygen atoms in total. The number of primary amides is 1. The van der Waals surface area contributed by atoms with Crippen LogP contribution in [0.25, 0.3) is 0 Å². The van der Waals surface area contributed by atoms with Gasteiger partial charge < -0.3 is 16.2 Å². The smallest absolute Gasteiger partial charge is 0.404 e. The van der Waals surface area contributed by atoms with Gasteiger partial charge in [0.25, 0.3) is 0 Å². The number of carbonyl (C=O) groups is 1. The first-order chi connectivity index (χ1) is 9.88. The van der Waals surface area contributed by atoms with Gasteiger partial charge in [-0.1, -0.05) is 12.1 Å². The van der Waals surface area contributed by atoms with Gasteiger partial charge in [0.1, 0.15) is 11.9 Å². The van der Waals surface area contributed by atoms with Gasteiger partial charge in [-0.15, -0.1) is 0 Å². The number of halogens is 1. The van der Waals surface area contributed by atoms with Crippen molar-refractivity contribution in [3.05, 3.63) is 35.6 Å². The fourth-order valence-electron chi connectivity index (χ4n) is 1.63. The van der Waals surface area contributed by atoms with E-state index in [2.05, 4.69) is 10.5 Å². The topological polar surface area (TPSA) is 103 Å². The first-order valence-corrected chi connectivity index (χ1v) is 6.63. The van der Waals surface area contributed by atoms with E-state index >= 15 is 0 Å². The number of nitrogens with zero attached hydrogens (tertiary/aromatic N) is 1. The molecule has 0 bridgehead atoms. The zero-order valence-corrected chi connectivity index (χ0v) is 12.3. The third kappa shape index (κ3) is 6.66. The van der Waals surface area contributed by atoms with Crippen LogP contribution >= 0.6 is 12.2 Å². The highest BCUT2D eigenvalue weighted by Crippen LogP contribution is 2.11. The highest BCUT2D eigenvalue weighted by molar-refractivity contribution is 7.80. The highest BCUT2D eigenvalue weighted by atomic mass is 32.1. The molecule has 8 heteroatoms. The Morgan fingerprint density at radius 1 is 1.43 bits per heavy atom. The molecular formula is C13H17FN4O2S. The van der Waals surface area contributed by atoms with Crippen molar-refractivity contribution in [2.45, 2.75) is 25.9 Å². The van der Waals surface area contributed by atoms with Crippen molar-refractivity contribution in [1.29, 1.82) is 0 Å². The molecule has 0 spiro atoms. The van der Waals surface area contributed by atoms with Crippen LogP contribution in [0.3, 0.4) is 0 Å². The predicted molar refractivity (Wildman–Crippen MR) is 82.2 cm³/mol. The van der Waals surface area contributed by atoms with Gasteiger partial charge in [0, 0.05) is 0 Å². The standard InChI is InChI=1S/C13H17FN4O2S/c1-8(20-13(16)19)2-7-11(17-18-12(15)21)9-3-5-10(14)6-4-9/h3-6,8H,2,7H2,1H3,(H2,16,19)(H3,15,18,21). The van der Waals surface area contributed by atoms with Crippen molar-refractivity contribution in [2.24, 2.45) is 16.6 Å². The summed E-state index contributed by atoms with van der Waals surface area (Å²) in [6.07, 6.45) is -0.226. The van der Waals surface area contributed by atoms with Crippen molar-refractivity contribution in [3.8, 4) is 0 Å². The molecule has 0 heterocycles. The number of thiocarbonyl (C=S) groups is 1. The molecule has 0 radical (unpaired) electrons. The number of carbonyl (C=O) groups excluding carboxylic acids is 1. The van der Waals surface area contributed by atoms with Crippen molar-refractivity contribution in [1.82, 2.24) is 5.43 Å². The van der Waals surface area contributed by atoms with E-state index in [1.807, 2.05) is 0 Å². The lowest BCUT2D eigenvalue weighted by atomic mass is 10.0. The van der Waals surface area contributed by atoms with Gasteiger partial charge >= 0.3 is 6.09 Å². The zero-order chi connectivity index (χ0) is 15.8. The van der Waals surface area contributed by atoms with E-state index in [0.29, 0.717) is 24.1 Å². The average molecular weight is 312 g/mol. The lowest BCUT2D eigenvalue weighted by Crippen LogP contribution is -2.26. The Labute approximate surface area is 127 Å². The van der Waals surface area contributed by atoms with E-state index in [4.69, 9.17) is 28.4 Å². The molecule has 0 aliphatic heterocycles. The summed E-state index contributed by atoms with van der Waals surface area (Å²) in [5.41, 5.74) is 14.1. The molecule has 1 amide bonds. The maximum absolute atomic E-state index is 13.0. The van der Waals surface area contributed by atoms with E-state index in [1.54, 1.807) is 19.1 Å². The first-order valence-electron chi connectivity index (χ1n) is 6.22. The number of hydrogen-bond acceptors (Lipinski definition) is 4. The summed E-state index contributed by atoms with van der Waals surface area (Å²) in [4.78, 5) is 10.7. The third-order valence-corrected chi connectivity index (χ3v) is 2.67. The Balaban J connectivity index is 2.78. The molecule has 1 atom stereocenters. The number of hydrogen-bond donors (Lipinski definition) is 3. The Morgan fingerprint density at radius 2 is 2.05 bits per heavy atom. The quantitative estimate of drug-likeness (QED) is 0.421. The van der Waals surface area contributed by atoms with E-state index in [9.17, 15) is 9.18 Å². The number of ether oxygens (including phenoxy) is 1. The van der Waals surface area contributed by atoms with Crippen LogP contribution in [0.15, 0.2) is 29.4 Å². The van der Waals surface area contributed by atoms with Crippen LogP contribution in [0.4, 0.5) is 9.18 Å². The van der Waals surface area contributed by atoms with Crippen LogP contribution in [-0.4, -0.2) is 23.0 Å². The molecule has 1 aromatic rings. The molecule has 0 fully saturated rings. The van der Waals surface area contributed by atoms with Gasteiger partial charge in [-0.3, -0.25) is 5.43 Å². The summed E-state index contributed by atoms with van der Waals surface area (Å²) >= 11 is 4.69. The number of rotatable bonds is 6. The summed E-state index contributed by atoms with van der Waals surface area (Å²) < 4.78 is 17.8. The minimum absolute atomic E-state index is 0.0241. The average Bonchev–Trinajstić information content (AvgIpc) is 2.39. The monoisotopic (exact) mass is 312 g/mol. The van der Waals surface area contributed by atoms with E-state index < -0.39 is 6.09 Å². The summed E-state index contributed by atoms with van der Waals surface area (Å²) in [5, 5.41) is 4.10. The van der Waals surface area contributed by atoms with Gasteiger partial charge in [0.2, 0.25) is 0 Å². The minimum Gasteiger partial charge on any atom is -0.447 e.